The Kier molecular flexibility index (Phi) is 5.90. The summed E-state index contributed by atoms with van der Waals surface area (Å²) in [5, 5.41) is 2.86. The highest BCUT2D eigenvalue weighted by molar-refractivity contribution is 5.93. The summed E-state index contributed by atoms with van der Waals surface area (Å²) in [4.78, 5) is 35.6. The van der Waals surface area contributed by atoms with Crippen molar-refractivity contribution in [2.24, 2.45) is 0 Å². The zero-order valence-corrected chi connectivity index (χ0v) is 15.2. The molecule has 0 bridgehead atoms. The van der Waals surface area contributed by atoms with Gasteiger partial charge in [-0.2, -0.15) is 0 Å². The fourth-order valence-electron chi connectivity index (χ4n) is 2.66. The lowest BCUT2D eigenvalue weighted by Crippen LogP contribution is -2.47. The Bertz CT molecular complexity index is 698. The van der Waals surface area contributed by atoms with Crippen LogP contribution in [0.5, 0.6) is 0 Å². The van der Waals surface area contributed by atoms with Crippen molar-refractivity contribution in [2.45, 2.75) is 0 Å². The Morgan fingerprint density at radius 1 is 1.00 bits per heavy atom. The van der Waals surface area contributed by atoms with Crippen molar-refractivity contribution in [1.82, 2.24) is 30.2 Å². The summed E-state index contributed by atoms with van der Waals surface area (Å²) in [5.41, 5.74) is 0.476. The van der Waals surface area contributed by atoms with Gasteiger partial charge in [-0.3, -0.25) is 4.79 Å². The second kappa shape index (κ2) is 8.52. The van der Waals surface area contributed by atoms with Crippen molar-refractivity contribution in [3.8, 4) is 0 Å². The third-order valence-corrected chi connectivity index (χ3v) is 4.14. The lowest BCUT2D eigenvalue weighted by molar-refractivity contribution is 0.0950. The predicted molar refractivity (Wildman–Crippen MR) is 99.4 cm³/mol. The number of hydrogen-bond donors (Lipinski definition) is 1. The van der Waals surface area contributed by atoms with Gasteiger partial charge in [0.2, 0.25) is 11.9 Å². The summed E-state index contributed by atoms with van der Waals surface area (Å²) < 4.78 is 0. The van der Waals surface area contributed by atoms with Crippen LogP contribution >= 0.6 is 0 Å². The standard InChI is InChI=1S/C17H24N8O/c1-23(2)7-6-18-15(26)14-12-21-17(22-13-14)25-10-8-24(9-11-25)16-19-4-3-5-20-16/h3-5,12-13H,6-11H2,1-2H3,(H,18,26). The van der Waals surface area contributed by atoms with Crippen LogP contribution in [0.15, 0.2) is 30.9 Å². The average molecular weight is 356 g/mol. The summed E-state index contributed by atoms with van der Waals surface area (Å²) in [5.74, 6) is 1.24. The maximum absolute atomic E-state index is 12.1. The third kappa shape index (κ3) is 4.63. The SMILES string of the molecule is CN(C)CCNC(=O)c1cnc(N2CCN(c3ncccn3)CC2)nc1. The largest absolute Gasteiger partial charge is 0.351 e. The van der Waals surface area contributed by atoms with Crippen LogP contribution in [0.3, 0.4) is 0 Å². The monoisotopic (exact) mass is 356 g/mol. The van der Waals surface area contributed by atoms with E-state index in [0.29, 0.717) is 18.1 Å². The quantitative estimate of drug-likeness (QED) is 0.766. The predicted octanol–water partition coefficient (Wildman–Crippen LogP) is -0.115. The molecule has 0 atom stereocenters. The number of likely N-dealkylation sites (N-methyl/N-ethyl adjacent to an activating group) is 1. The van der Waals surface area contributed by atoms with Crippen molar-refractivity contribution in [1.29, 1.82) is 0 Å². The van der Waals surface area contributed by atoms with Crippen LogP contribution in [0.2, 0.25) is 0 Å². The third-order valence-electron chi connectivity index (χ3n) is 4.14. The second-order valence-electron chi connectivity index (χ2n) is 6.35. The summed E-state index contributed by atoms with van der Waals surface area (Å²) in [6.45, 7) is 4.57. The minimum absolute atomic E-state index is 0.149. The molecule has 1 saturated heterocycles. The minimum Gasteiger partial charge on any atom is -0.351 e. The zero-order valence-electron chi connectivity index (χ0n) is 15.2. The van der Waals surface area contributed by atoms with Gasteiger partial charge in [0.1, 0.15) is 0 Å². The van der Waals surface area contributed by atoms with E-state index in [1.165, 1.54) is 0 Å². The van der Waals surface area contributed by atoms with E-state index in [0.717, 1.165) is 38.7 Å². The van der Waals surface area contributed by atoms with Crippen LogP contribution in [0.1, 0.15) is 10.4 Å². The van der Waals surface area contributed by atoms with Crippen molar-refractivity contribution in [3.63, 3.8) is 0 Å². The van der Waals surface area contributed by atoms with Gasteiger partial charge >= 0.3 is 0 Å². The first kappa shape index (κ1) is 18.0. The number of piperazine rings is 1. The van der Waals surface area contributed by atoms with E-state index < -0.39 is 0 Å². The van der Waals surface area contributed by atoms with Crippen LogP contribution in [0.4, 0.5) is 11.9 Å². The van der Waals surface area contributed by atoms with Gasteiger partial charge in [0.05, 0.1) is 5.56 Å². The zero-order chi connectivity index (χ0) is 18.4. The van der Waals surface area contributed by atoms with Gasteiger partial charge in [0.25, 0.3) is 5.91 Å². The van der Waals surface area contributed by atoms with Gasteiger partial charge < -0.3 is 20.0 Å². The Labute approximate surface area is 153 Å². The molecule has 0 radical (unpaired) electrons. The van der Waals surface area contributed by atoms with E-state index in [4.69, 9.17) is 0 Å². The fraction of sp³-hybridized carbons (Fsp3) is 0.471. The number of nitrogens with zero attached hydrogens (tertiary/aromatic N) is 7. The molecule has 2 aromatic rings. The van der Waals surface area contributed by atoms with E-state index in [2.05, 4.69) is 35.1 Å². The first-order valence-electron chi connectivity index (χ1n) is 8.65. The molecule has 0 saturated carbocycles. The second-order valence-corrected chi connectivity index (χ2v) is 6.35. The lowest BCUT2D eigenvalue weighted by atomic mass is 10.3. The number of carbonyl (C=O) groups is 1. The Balaban J connectivity index is 1.52. The molecule has 0 aromatic carbocycles. The molecule has 138 valence electrons. The molecular weight excluding hydrogens is 332 g/mol. The van der Waals surface area contributed by atoms with Crippen LogP contribution in [-0.4, -0.2) is 84.1 Å². The topological polar surface area (TPSA) is 90.4 Å². The molecular formula is C17H24N8O. The molecule has 0 aliphatic carbocycles. The summed E-state index contributed by atoms with van der Waals surface area (Å²) in [6, 6.07) is 1.81. The first-order chi connectivity index (χ1) is 12.6. The Hall–Kier alpha value is -2.81. The highest BCUT2D eigenvalue weighted by Crippen LogP contribution is 2.14. The number of hydrogen-bond acceptors (Lipinski definition) is 8. The molecule has 1 aliphatic heterocycles. The molecule has 2 aromatic heterocycles. The van der Waals surface area contributed by atoms with Gasteiger partial charge in [0, 0.05) is 64.1 Å². The van der Waals surface area contributed by atoms with Gasteiger partial charge in [-0.15, -0.1) is 0 Å². The van der Waals surface area contributed by atoms with Crippen molar-refractivity contribution in [2.75, 3.05) is 63.2 Å². The maximum Gasteiger partial charge on any atom is 0.254 e. The van der Waals surface area contributed by atoms with Crippen molar-refractivity contribution >= 4 is 17.8 Å². The van der Waals surface area contributed by atoms with Crippen LogP contribution in [0.25, 0.3) is 0 Å². The number of anilines is 2. The minimum atomic E-state index is -0.149. The first-order valence-corrected chi connectivity index (χ1v) is 8.65. The fourth-order valence-corrected chi connectivity index (χ4v) is 2.66. The smallest absolute Gasteiger partial charge is 0.254 e. The molecule has 1 amide bonds. The van der Waals surface area contributed by atoms with Gasteiger partial charge in [0.15, 0.2) is 0 Å². The molecule has 1 N–H and O–H groups in total. The molecule has 0 spiro atoms. The van der Waals surface area contributed by atoms with E-state index in [1.54, 1.807) is 24.8 Å². The van der Waals surface area contributed by atoms with E-state index in [-0.39, 0.29) is 5.91 Å². The van der Waals surface area contributed by atoms with E-state index in [1.807, 2.05) is 25.1 Å². The Morgan fingerprint density at radius 3 is 2.08 bits per heavy atom. The molecule has 3 heterocycles. The highest BCUT2D eigenvalue weighted by Gasteiger charge is 2.20. The molecule has 9 heteroatoms. The van der Waals surface area contributed by atoms with Gasteiger partial charge in [-0.05, 0) is 20.2 Å². The molecule has 1 fully saturated rings. The number of rotatable bonds is 6. The molecule has 3 rings (SSSR count). The average Bonchev–Trinajstić information content (AvgIpc) is 2.68. The number of nitrogens with one attached hydrogen (secondary N) is 1. The van der Waals surface area contributed by atoms with Gasteiger partial charge in [-0.25, -0.2) is 19.9 Å². The molecule has 26 heavy (non-hydrogen) atoms. The number of aromatic nitrogens is 4. The number of carbonyl (C=O) groups excluding carboxylic acids is 1. The van der Waals surface area contributed by atoms with Crippen molar-refractivity contribution in [3.05, 3.63) is 36.4 Å². The van der Waals surface area contributed by atoms with Crippen molar-refractivity contribution < 1.29 is 4.79 Å². The lowest BCUT2D eigenvalue weighted by Gasteiger charge is -2.34. The summed E-state index contributed by atoms with van der Waals surface area (Å²) in [6.07, 6.45) is 6.67. The summed E-state index contributed by atoms with van der Waals surface area (Å²) in [7, 11) is 3.93. The van der Waals surface area contributed by atoms with Gasteiger partial charge in [-0.1, -0.05) is 0 Å². The Morgan fingerprint density at radius 2 is 1.54 bits per heavy atom. The van der Waals surface area contributed by atoms with Crippen LogP contribution in [0, 0.1) is 0 Å². The number of amides is 1. The normalized spacial score (nSPS) is 14.6. The molecule has 0 unspecified atom stereocenters. The van der Waals surface area contributed by atoms with E-state index >= 15 is 0 Å². The highest BCUT2D eigenvalue weighted by atomic mass is 16.1. The molecule has 9 nitrogen and oxygen atoms in total. The van der Waals surface area contributed by atoms with E-state index in [9.17, 15) is 4.79 Å². The van der Waals surface area contributed by atoms with Crippen LogP contribution < -0.4 is 15.1 Å². The van der Waals surface area contributed by atoms with Crippen LogP contribution in [-0.2, 0) is 0 Å². The summed E-state index contributed by atoms with van der Waals surface area (Å²) >= 11 is 0. The maximum atomic E-state index is 12.1. The molecule has 1 aliphatic rings.